The van der Waals surface area contributed by atoms with E-state index in [0.29, 0.717) is 5.06 Å². The van der Waals surface area contributed by atoms with Gasteiger partial charge >= 0.3 is 5.97 Å². The van der Waals surface area contributed by atoms with Gasteiger partial charge in [-0.2, -0.15) is 0 Å². The molecule has 0 spiro atoms. The number of amides is 2. The normalized spacial score (nSPS) is 14.4. The molecule has 5 nitrogen and oxygen atoms in total. The third kappa shape index (κ3) is 1.83. The first kappa shape index (κ1) is 10.1. The molecular weight excluding hydrogens is 210 g/mol. The lowest BCUT2D eigenvalue weighted by Crippen LogP contribution is -2.32. The van der Waals surface area contributed by atoms with Crippen molar-refractivity contribution in [2.75, 3.05) is 0 Å². The molecule has 1 aliphatic rings. The molecule has 0 radical (unpaired) electrons. The smallest absolute Gasteiger partial charge is 0.324 e. The van der Waals surface area contributed by atoms with Crippen molar-refractivity contribution in [3.63, 3.8) is 0 Å². The molecule has 1 aromatic rings. The molecule has 80 valence electrons. The van der Waals surface area contributed by atoms with Gasteiger partial charge in [-0.15, -0.1) is 0 Å². The van der Waals surface area contributed by atoms with Crippen LogP contribution in [0.2, 0.25) is 0 Å². The van der Waals surface area contributed by atoms with Crippen LogP contribution in [0.15, 0.2) is 42.5 Å². The number of rotatable bonds is 2. The first-order valence-corrected chi connectivity index (χ1v) is 4.52. The van der Waals surface area contributed by atoms with Crippen molar-refractivity contribution in [2.45, 2.75) is 0 Å². The topological polar surface area (TPSA) is 63.7 Å². The molecule has 0 unspecified atom stereocenters. The fourth-order valence-corrected chi connectivity index (χ4v) is 1.19. The van der Waals surface area contributed by atoms with Gasteiger partial charge in [0.2, 0.25) is 0 Å². The quantitative estimate of drug-likeness (QED) is 0.683. The molecule has 1 aliphatic heterocycles. The first-order chi connectivity index (χ1) is 7.68. The Morgan fingerprint density at radius 3 is 2.12 bits per heavy atom. The summed E-state index contributed by atoms with van der Waals surface area (Å²) in [6.07, 6.45) is 2.08. The van der Waals surface area contributed by atoms with Gasteiger partial charge in [0, 0.05) is 12.2 Å². The van der Waals surface area contributed by atoms with E-state index in [0.717, 1.165) is 12.2 Å². The lowest BCUT2D eigenvalue weighted by atomic mass is 10.2. The maximum absolute atomic E-state index is 11.5. The van der Waals surface area contributed by atoms with Gasteiger partial charge in [-0.1, -0.05) is 23.3 Å². The average molecular weight is 217 g/mol. The molecule has 0 fully saturated rings. The van der Waals surface area contributed by atoms with E-state index in [9.17, 15) is 14.4 Å². The van der Waals surface area contributed by atoms with Gasteiger partial charge in [-0.25, -0.2) is 4.79 Å². The predicted molar refractivity (Wildman–Crippen MR) is 52.9 cm³/mol. The van der Waals surface area contributed by atoms with E-state index in [1.54, 1.807) is 18.2 Å². The largest absolute Gasteiger partial charge is 0.363 e. The Balaban J connectivity index is 2.09. The van der Waals surface area contributed by atoms with E-state index in [2.05, 4.69) is 4.84 Å². The minimum atomic E-state index is -0.744. The number of imide groups is 1. The number of carbonyl (C=O) groups excluding carboxylic acids is 3. The number of hydrogen-bond acceptors (Lipinski definition) is 4. The number of hydroxylamine groups is 2. The molecule has 0 bridgehead atoms. The van der Waals surface area contributed by atoms with Crippen LogP contribution in [0.3, 0.4) is 0 Å². The van der Waals surface area contributed by atoms with Crippen LogP contribution in [-0.2, 0) is 14.4 Å². The highest BCUT2D eigenvalue weighted by molar-refractivity contribution is 6.12. The Labute approximate surface area is 90.9 Å². The highest BCUT2D eigenvalue weighted by atomic mass is 16.7. The van der Waals surface area contributed by atoms with Gasteiger partial charge in [0.1, 0.15) is 0 Å². The third-order valence-electron chi connectivity index (χ3n) is 1.95. The van der Waals surface area contributed by atoms with Gasteiger partial charge < -0.3 is 4.84 Å². The molecule has 0 aromatic heterocycles. The summed E-state index contributed by atoms with van der Waals surface area (Å²) in [5, 5.41) is 0.426. The van der Waals surface area contributed by atoms with Crippen molar-refractivity contribution in [1.82, 2.24) is 5.06 Å². The lowest BCUT2D eigenvalue weighted by Gasteiger charge is -2.12. The number of benzene rings is 1. The number of nitrogens with zero attached hydrogens (tertiary/aromatic N) is 1. The average Bonchev–Trinajstić information content (AvgIpc) is 2.62. The van der Waals surface area contributed by atoms with Gasteiger partial charge in [0.05, 0.1) is 5.56 Å². The van der Waals surface area contributed by atoms with Crippen molar-refractivity contribution < 1.29 is 19.2 Å². The van der Waals surface area contributed by atoms with Crippen LogP contribution in [0, 0.1) is 0 Å². The Morgan fingerprint density at radius 2 is 1.56 bits per heavy atom. The zero-order valence-electron chi connectivity index (χ0n) is 8.12. The molecular formula is C11H7NO4. The van der Waals surface area contributed by atoms with Crippen LogP contribution in [-0.4, -0.2) is 22.8 Å². The third-order valence-corrected chi connectivity index (χ3v) is 1.95. The highest BCUT2D eigenvalue weighted by Crippen LogP contribution is 2.08. The second kappa shape index (κ2) is 3.98. The Morgan fingerprint density at radius 1 is 1.00 bits per heavy atom. The van der Waals surface area contributed by atoms with Gasteiger partial charge in [0.15, 0.2) is 0 Å². The zero-order valence-corrected chi connectivity index (χ0v) is 8.12. The van der Waals surface area contributed by atoms with Crippen LogP contribution in [0.25, 0.3) is 0 Å². The zero-order chi connectivity index (χ0) is 11.5. The maximum Gasteiger partial charge on any atom is 0.363 e. The van der Waals surface area contributed by atoms with Gasteiger partial charge in [-0.05, 0) is 12.1 Å². The second-order valence-corrected chi connectivity index (χ2v) is 3.05. The molecule has 0 atom stereocenters. The molecule has 1 heterocycles. The Hall–Kier alpha value is -2.43. The summed E-state index contributed by atoms with van der Waals surface area (Å²) in [5.41, 5.74) is 0.273. The van der Waals surface area contributed by atoms with Crippen molar-refractivity contribution in [2.24, 2.45) is 0 Å². The number of hydrogen-bond donors (Lipinski definition) is 0. The molecule has 2 rings (SSSR count). The molecule has 0 aliphatic carbocycles. The standard InChI is InChI=1S/C11H7NO4/c13-9-6-7-10(14)12(9)16-11(15)8-4-2-1-3-5-8/h1-7H. The SMILES string of the molecule is O=C(ON1C(=O)C=CC1=O)c1ccccc1. The van der Waals surface area contributed by atoms with E-state index in [-0.39, 0.29) is 5.56 Å². The van der Waals surface area contributed by atoms with Crippen molar-refractivity contribution in [1.29, 1.82) is 0 Å². The van der Waals surface area contributed by atoms with Gasteiger partial charge in [-0.3, -0.25) is 9.59 Å². The summed E-state index contributed by atoms with van der Waals surface area (Å²) in [5.74, 6) is -2.06. The summed E-state index contributed by atoms with van der Waals surface area (Å²) >= 11 is 0. The van der Waals surface area contributed by atoms with Crippen molar-refractivity contribution in [3.8, 4) is 0 Å². The molecule has 0 saturated carbocycles. The second-order valence-electron chi connectivity index (χ2n) is 3.05. The Bertz CT molecular complexity index is 460. The fraction of sp³-hybridized carbons (Fsp3) is 0. The van der Waals surface area contributed by atoms with Crippen molar-refractivity contribution >= 4 is 17.8 Å². The van der Waals surface area contributed by atoms with E-state index in [4.69, 9.17) is 0 Å². The summed E-state index contributed by atoms with van der Waals surface area (Å²) in [6, 6.07) is 8.11. The van der Waals surface area contributed by atoms with Crippen LogP contribution < -0.4 is 0 Å². The van der Waals surface area contributed by atoms with Crippen LogP contribution >= 0.6 is 0 Å². The van der Waals surface area contributed by atoms with E-state index in [1.807, 2.05) is 0 Å². The lowest BCUT2D eigenvalue weighted by molar-refractivity contribution is -0.170. The Kier molecular flexibility index (Phi) is 2.51. The predicted octanol–water partition coefficient (Wildman–Crippen LogP) is 0.683. The summed E-state index contributed by atoms with van der Waals surface area (Å²) in [7, 11) is 0. The van der Waals surface area contributed by atoms with Crippen LogP contribution in [0.1, 0.15) is 10.4 Å². The van der Waals surface area contributed by atoms with E-state index < -0.39 is 17.8 Å². The molecule has 16 heavy (non-hydrogen) atoms. The van der Waals surface area contributed by atoms with E-state index in [1.165, 1.54) is 12.1 Å². The van der Waals surface area contributed by atoms with Crippen molar-refractivity contribution in [3.05, 3.63) is 48.0 Å². The summed E-state index contributed by atoms with van der Waals surface area (Å²) in [6.45, 7) is 0. The van der Waals surface area contributed by atoms with Crippen LogP contribution in [0.4, 0.5) is 0 Å². The maximum atomic E-state index is 11.5. The molecule has 2 amide bonds. The van der Waals surface area contributed by atoms with Gasteiger partial charge in [0.25, 0.3) is 11.8 Å². The molecule has 5 heteroatoms. The fourth-order valence-electron chi connectivity index (χ4n) is 1.19. The van der Waals surface area contributed by atoms with Crippen LogP contribution in [0.5, 0.6) is 0 Å². The monoisotopic (exact) mass is 217 g/mol. The first-order valence-electron chi connectivity index (χ1n) is 4.52. The molecule has 0 saturated heterocycles. The summed E-state index contributed by atoms with van der Waals surface area (Å²) in [4.78, 5) is 38.3. The minimum absolute atomic E-state index is 0.273. The molecule has 0 N–H and O–H groups in total. The minimum Gasteiger partial charge on any atom is -0.324 e. The molecule has 1 aromatic carbocycles. The number of carbonyl (C=O) groups is 3. The van der Waals surface area contributed by atoms with E-state index >= 15 is 0 Å². The summed E-state index contributed by atoms with van der Waals surface area (Å²) < 4.78 is 0. The highest BCUT2D eigenvalue weighted by Gasteiger charge is 2.28.